The van der Waals surface area contributed by atoms with Crippen LogP contribution in [0.3, 0.4) is 0 Å². The Bertz CT molecular complexity index is 395. The molecule has 0 unspecified atom stereocenters. The summed E-state index contributed by atoms with van der Waals surface area (Å²) >= 11 is 0. The van der Waals surface area contributed by atoms with Crippen LogP contribution in [0.5, 0.6) is 0 Å². The van der Waals surface area contributed by atoms with E-state index in [1.165, 1.54) is 5.56 Å². The van der Waals surface area contributed by atoms with Gasteiger partial charge in [0.25, 0.3) is 0 Å². The number of rotatable bonds is 3. The Labute approximate surface area is 112 Å². The molecule has 18 heavy (non-hydrogen) atoms. The lowest BCUT2D eigenvalue weighted by Gasteiger charge is -1.85. The van der Waals surface area contributed by atoms with Crippen molar-refractivity contribution in [1.82, 2.24) is 0 Å². The van der Waals surface area contributed by atoms with E-state index in [0.717, 1.165) is 5.57 Å². The maximum Gasteiger partial charge on any atom is -0.0212 e. The minimum atomic E-state index is 1.02. The summed E-state index contributed by atoms with van der Waals surface area (Å²) in [5.74, 6) is 0. The third kappa shape index (κ3) is 16.1. The van der Waals surface area contributed by atoms with Crippen molar-refractivity contribution in [3.63, 3.8) is 0 Å². The monoisotopic (exact) mass is 238 g/mol. The molecule has 0 aliphatic carbocycles. The van der Waals surface area contributed by atoms with Crippen molar-refractivity contribution >= 4 is 6.08 Å². The molecule has 1 rings (SSSR count). The quantitative estimate of drug-likeness (QED) is 0.475. The summed E-state index contributed by atoms with van der Waals surface area (Å²) in [4.78, 5) is 0. The van der Waals surface area contributed by atoms with Crippen molar-refractivity contribution in [2.24, 2.45) is 0 Å². The molecule has 0 aromatic heterocycles. The Hall–Kier alpha value is -2.30. The summed E-state index contributed by atoms with van der Waals surface area (Å²) in [6.07, 6.45) is 6.84. The number of hydrogen-bond donors (Lipinski definition) is 0. The van der Waals surface area contributed by atoms with Crippen molar-refractivity contribution in [1.29, 1.82) is 0 Å². The molecule has 0 atom stereocenters. The van der Waals surface area contributed by atoms with Crippen LogP contribution in [0.25, 0.3) is 6.08 Å². The molecule has 1 aromatic rings. The maximum absolute atomic E-state index is 3.63. The highest BCUT2D eigenvalue weighted by atomic mass is 13.8. The minimum absolute atomic E-state index is 1.02. The van der Waals surface area contributed by atoms with Gasteiger partial charge in [0.2, 0.25) is 0 Å². The van der Waals surface area contributed by atoms with E-state index in [9.17, 15) is 0 Å². The first kappa shape index (κ1) is 18.1. The smallest absolute Gasteiger partial charge is 0.0212 e. The molecule has 94 valence electrons. The van der Waals surface area contributed by atoms with E-state index in [2.05, 4.69) is 38.6 Å². The Morgan fingerprint density at radius 1 is 1.11 bits per heavy atom. The highest BCUT2D eigenvalue weighted by Crippen LogP contribution is 1.97. The standard InChI is InChI=1S/C8H8.C5H8.C5H6/c1-2-8-6-4-3-5-7-8;1-4-5(2)3;1-3-5-4-2/h2-7H,1H2;4H,1-2H2,3H3;3,5H,1-2H2. The number of benzene rings is 1. The molecule has 0 N–H and O–H groups in total. The molecule has 0 aliphatic rings. The molecular formula is C18H22. The van der Waals surface area contributed by atoms with Gasteiger partial charge >= 0.3 is 0 Å². The molecule has 0 heterocycles. The zero-order valence-corrected chi connectivity index (χ0v) is 11.2. The third-order valence-electron chi connectivity index (χ3n) is 1.62. The van der Waals surface area contributed by atoms with Crippen LogP contribution in [-0.4, -0.2) is 0 Å². The average Bonchev–Trinajstić information content (AvgIpc) is 2.42. The van der Waals surface area contributed by atoms with Crippen molar-refractivity contribution in [3.05, 3.63) is 98.3 Å². The number of hydrogen-bond acceptors (Lipinski definition) is 0. The average molecular weight is 238 g/mol. The van der Waals surface area contributed by atoms with E-state index in [1.807, 2.05) is 43.3 Å². The molecule has 0 nitrogen and oxygen atoms in total. The predicted molar refractivity (Wildman–Crippen MR) is 85.5 cm³/mol. The molecule has 0 saturated carbocycles. The zero-order chi connectivity index (χ0) is 14.2. The van der Waals surface area contributed by atoms with Gasteiger partial charge in [0.1, 0.15) is 0 Å². The number of allylic oxidation sites excluding steroid dienone is 4. The van der Waals surface area contributed by atoms with Gasteiger partial charge < -0.3 is 0 Å². The largest absolute Gasteiger partial charge is 0.129 e. The Morgan fingerprint density at radius 2 is 1.61 bits per heavy atom. The van der Waals surface area contributed by atoms with E-state index >= 15 is 0 Å². The van der Waals surface area contributed by atoms with Crippen LogP contribution in [0.2, 0.25) is 0 Å². The molecule has 0 spiro atoms. The maximum atomic E-state index is 3.63. The van der Waals surface area contributed by atoms with Crippen molar-refractivity contribution < 1.29 is 0 Å². The highest BCUT2D eigenvalue weighted by Gasteiger charge is 1.75. The lowest BCUT2D eigenvalue weighted by molar-refractivity contribution is 1.58. The van der Waals surface area contributed by atoms with Crippen LogP contribution in [0.1, 0.15) is 12.5 Å². The van der Waals surface area contributed by atoms with Crippen LogP contribution >= 0.6 is 0 Å². The Kier molecular flexibility index (Phi) is 14.8. The fourth-order valence-corrected chi connectivity index (χ4v) is 0.672. The molecule has 0 fully saturated rings. The second-order valence-electron chi connectivity index (χ2n) is 3.27. The first-order valence-corrected chi connectivity index (χ1v) is 5.54. The fourth-order valence-electron chi connectivity index (χ4n) is 0.672. The highest BCUT2D eigenvalue weighted by molar-refractivity contribution is 5.45. The van der Waals surface area contributed by atoms with Crippen LogP contribution in [0, 0.1) is 0 Å². The normalized spacial score (nSPS) is 6.94. The van der Waals surface area contributed by atoms with E-state index in [-0.39, 0.29) is 0 Å². The van der Waals surface area contributed by atoms with Crippen LogP contribution in [0.15, 0.2) is 92.8 Å². The van der Waals surface area contributed by atoms with Gasteiger partial charge in [-0.25, -0.2) is 0 Å². The zero-order valence-electron chi connectivity index (χ0n) is 11.2. The third-order valence-corrected chi connectivity index (χ3v) is 1.62. The molecule has 1 aromatic carbocycles. The minimum Gasteiger partial charge on any atom is -0.129 e. The summed E-state index contributed by atoms with van der Waals surface area (Å²) in [6, 6.07) is 10.0. The lowest BCUT2D eigenvalue weighted by Crippen LogP contribution is -1.63. The van der Waals surface area contributed by atoms with Gasteiger partial charge in [-0.05, 0) is 18.6 Å². The van der Waals surface area contributed by atoms with Gasteiger partial charge in [0, 0.05) is 0 Å². The van der Waals surface area contributed by atoms with Gasteiger partial charge in [-0.3, -0.25) is 0 Å². The van der Waals surface area contributed by atoms with Gasteiger partial charge in [-0.1, -0.05) is 87.0 Å². The van der Waals surface area contributed by atoms with Gasteiger partial charge in [0.05, 0.1) is 0 Å². The molecule has 0 amide bonds. The Balaban J connectivity index is 0. The SMILES string of the molecule is C=C=CC=C.C=CC(=C)C.C=Cc1ccccc1. The van der Waals surface area contributed by atoms with E-state index in [1.54, 1.807) is 18.2 Å². The summed E-state index contributed by atoms with van der Waals surface area (Å²) in [5, 5.41) is 0. The van der Waals surface area contributed by atoms with Gasteiger partial charge in [-0.15, -0.1) is 5.73 Å². The topological polar surface area (TPSA) is 0 Å². The molecule has 0 saturated heterocycles. The Morgan fingerprint density at radius 3 is 1.78 bits per heavy atom. The van der Waals surface area contributed by atoms with Gasteiger partial charge in [-0.2, -0.15) is 0 Å². The van der Waals surface area contributed by atoms with E-state index in [4.69, 9.17) is 0 Å². The van der Waals surface area contributed by atoms with Crippen molar-refractivity contribution in [3.8, 4) is 0 Å². The van der Waals surface area contributed by atoms with E-state index < -0.39 is 0 Å². The summed E-state index contributed by atoms with van der Waals surface area (Å²) in [7, 11) is 0. The van der Waals surface area contributed by atoms with Crippen LogP contribution in [-0.2, 0) is 0 Å². The molecule has 0 aliphatic heterocycles. The lowest BCUT2D eigenvalue weighted by atomic mass is 10.2. The van der Waals surface area contributed by atoms with Crippen molar-refractivity contribution in [2.75, 3.05) is 0 Å². The first-order valence-electron chi connectivity index (χ1n) is 5.54. The van der Waals surface area contributed by atoms with Crippen molar-refractivity contribution in [2.45, 2.75) is 6.92 Å². The second-order valence-corrected chi connectivity index (χ2v) is 3.27. The summed E-state index contributed by atoms with van der Waals surface area (Å²) < 4.78 is 0. The predicted octanol–water partition coefficient (Wildman–Crippen LogP) is 5.59. The summed E-state index contributed by atoms with van der Waals surface area (Å²) in [5.41, 5.74) is 4.72. The second kappa shape index (κ2) is 14.7. The molecule has 0 bridgehead atoms. The van der Waals surface area contributed by atoms with Crippen LogP contribution in [0.4, 0.5) is 0 Å². The first-order chi connectivity index (χ1) is 8.62. The summed E-state index contributed by atoms with van der Waals surface area (Å²) in [6.45, 7) is 19.2. The molecular weight excluding hydrogens is 216 g/mol. The fraction of sp³-hybridized carbons (Fsp3) is 0.0556. The van der Waals surface area contributed by atoms with Gasteiger partial charge in [0.15, 0.2) is 0 Å². The van der Waals surface area contributed by atoms with Crippen LogP contribution < -0.4 is 0 Å². The molecule has 0 heteroatoms. The van der Waals surface area contributed by atoms with E-state index in [0.29, 0.717) is 0 Å². The molecule has 0 radical (unpaired) electrons.